The molecule has 4 heteroatoms. The molecule has 4 nitrogen and oxygen atoms in total. The van der Waals surface area contributed by atoms with Gasteiger partial charge in [-0.05, 0) is 42.5 Å². The van der Waals surface area contributed by atoms with Gasteiger partial charge in [0.25, 0.3) is 0 Å². The predicted molar refractivity (Wildman–Crippen MR) is 79.2 cm³/mol. The third kappa shape index (κ3) is 1.72. The van der Waals surface area contributed by atoms with Crippen LogP contribution in [0.15, 0.2) is 36.8 Å². The van der Waals surface area contributed by atoms with Crippen LogP contribution >= 0.6 is 0 Å². The summed E-state index contributed by atoms with van der Waals surface area (Å²) in [5.74, 6) is 0. The van der Waals surface area contributed by atoms with Crippen molar-refractivity contribution >= 4 is 11.0 Å². The van der Waals surface area contributed by atoms with E-state index in [1.165, 1.54) is 17.5 Å². The Bertz CT molecular complexity index is 775. The Labute approximate surface area is 117 Å². The lowest BCUT2D eigenvalue weighted by molar-refractivity contribution is 0.570. The Balaban J connectivity index is 1.89. The lowest BCUT2D eigenvalue weighted by atomic mass is 9.86. The third-order valence-electron chi connectivity index (χ3n) is 4.13. The fourth-order valence-electron chi connectivity index (χ4n) is 3.10. The molecule has 1 aromatic carbocycles. The molecule has 0 bridgehead atoms. The van der Waals surface area contributed by atoms with Crippen LogP contribution in [-0.4, -0.2) is 15.0 Å². The molecule has 1 unspecified atom stereocenters. The smallest absolute Gasteiger partial charge is 0.141 e. The van der Waals surface area contributed by atoms with Crippen molar-refractivity contribution in [1.29, 1.82) is 0 Å². The van der Waals surface area contributed by atoms with E-state index in [-0.39, 0.29) is 6.04 Å². The zero-order chi connectivity index (χ0) is 13.5. The van der Waals surface area contributed by atoms with Crippen LogP contribution in [0.1, 0.15) is 30.0 Å². The molecule has 0 spiro atoms. The maximum absolute atomic E-state index is 6.18. The zero-order valence-electron chi connectivity index (χ0n) is 11.1. The summed E-state index contributed by atoms with van der Waals surface area (Å²) in [5, 5.41) is 1.06. The fraction of sp³-hybridized carbons (Fsp3) is 0.250. The molecule has 4 rings (SSSR count). The van der Waals surface area contributed by atoms with Crippen molar-refractivity contribution in [3.63, 3.8) is 0 Å². The molecule has 0 radical (unpaired) electrons. The molecule has 1 atom stereocenters. The number of hydrogen-bond donors (Lipinski definition) is 2. The number of H-pyrrole nitrogens is 1. The van der Waals surface area contributed by atoms with Gasteiger partial charge in [-0.1, -0.05) is 12.1 Å². The zero-order valence-corrected chi connectivity index (χ0v) is 11.1. The second kappa shape index (κ2) is 4.42. The summed E-state index contributed by atoms with van der Waals surface area (Å²) in [5.41, 5.74) is 11.8. The SMILES string of the molecule is NC1CCCc2cc(-c3ncnc4[nH]ccc34)ccc21. The van der Waals surface area contributed by atoms with Crippen molar-refractivity contribution in [2.24, 2.45) is 5.73 Å². The summed E-state index contributed by atoms with van der Waals surface area (Å²) in [6.45, 7) is 0. The van der Waals surface area contributed by atoms with Gasteiger partial charge in [-0.25, -0.2) is 9.97 Å². The highest BCUT2D eigenvalue weighted by molar-refractivity contribution is 5.90. The average molecular weight is 264 g/mol. The Morgan fingerprint density at radius 2 is 2.15 bits per heavy atom. The molecule has 0 fully saturated rings. The average Bonchev–Trinajstić information content (AvgIpc) is 2.95. The number of rotatable bonds is 1. The second-order valence-electron chi connectivity index (χ2n) is 5.37. The van der Waals surface area contributed by atoms with Crippen LogP contribution in [0.4, 0.5) is 0 Å². The van der Waals surface area contributed by atoms with E-state index in [0.29, 0.717) is 0 Å². The van der Waals surface area contributed by atoms with Gasteiger partial charge in [-0.3, -0.25) is 0 Å². The van der Waals surface area contributed by atoms with Gasteiger partial charge in [0.05, 0.1) is 5.69 Å². The van der Waals surface area contributed by atoms with Gasteiger partial charge in [0.2, 0.25) is 0 Å². The number of fused-ring (bicyclic) bond motifs is 2. The van der Waals surface area contributed by atoms with E-state index in [1.807, 2.05) is 12.3 Å². The minimum absolute atomic E-state index is 0.186. The van der Waals surface area contributed by atoms with Crippen LogP contribution < -0.4 is 5.73 Å². The molecular weight excluding hydrogens is 248 g/mol. The molecule has 2 aromatic heterocycles. The summed E-state index contributed by atoms with van der Waals surface area (Å²) in [6.07, 6.45) is 6.87. The normalized spacial score (nSPS) is 18.1. The lowest BCUT2D eigenvalue weighted by Crippen LogP contribution is -2.17. The first-order valence-electron chi connectivity index (χ1n) is 7.00. The lowest BCUT2D eigenvalue weighted by Gasteiger charge is -2.22. The molecular formula is C16H16N4. The van der Waals surface area contributed by atoms with Gasteiger partial charge >= 0.3 is 0 Å². The highest BCUT2D eigenvalue weighted by Crippen LogP contribution is 2.32. The van der Waals surface area contributed by atoms with Crippen molar-refractivity contribution < 1.29 is 0 Å². The Morgan fingerprint density at radius 3 is 3.10 bits per heavy atom. The molecule has 0 saturated heterocycles. The first-order chi connectivity index (χ1) is 9.83. The van der Waals surface area contributed by atoms with Crippen LogP contribution in [0.3, 0.4) is 0 Å². The fourth-order valence-corrected chi connectivity index (χ4v) is 3.10. The maximum Gasteiger partial charge on any atom is 0.141 e. The van der Waals surface area contributed by atoms with E-state index >= 15 is 0 Å². The van der Waals surface area contributed by atoms with Gasteiger partial charge in [0, 0.05) is 23.2 Å². The van der Waals surface area contributed by atoms with E-state index in [4.69, 9.17) is 5.73 Å². The van der Waals surface area contributed by atoms with Gasteiger partial charge in [-0.15, -0.1) is 0 Å². The number of aromatic nitrogens is 3. The summed E-state index contributed by atoms with van der Waals surface area (Å²) in [4.78, 5) is 11.8. The summed E-state index contributed by atoms with van der Waals surface area (Å²) in [7, 11) is 0. The van der Waals surface area contributed by atoms with Crippen LogP contribution in [0.2, 0.25) is 0 Å². The summed E-state index contributed by atoms with van der Waals surface area (Å²) >= 11 is 0. The van der Waals surface area contributed by atoms with E-state index in [2.05, 4.69) is 33.2 Å². The standard InChI is InChI=1S/C16H16N4/c17-14-3-1-2-10-8-11(4-5-12(10)14)15-13-6-7-18-16(13)20-9-19-15/h4-9,14H,1-3,17H2,(H,18,19,20). The topological polar surface area (TPSA) is 67.6 Å². The van der Waals surface area contributed by atoms with E-state index < -0.39 is 0 Å². The second-order valence-corrected chi connectivity index (χ2v) is 5.37. The molecule has 1 aliphatic rings. The van der Waals surface area contributed by atoms with Crippen molar-refractivity contribution in [3.8, 4) is 11.3 Å². The number of nitrogens with two attached hydrogens (primary N) is 1. The molecule has 3 N–H and O–H groups in total. The number of aryl methyl sites for hydroxylation is 1. The Morgan fingerprint density at radius 1 is 1.20 bits per heavy atom. The van der Waals surface area contributed by atoms with Gasteiger partial charge < -0.3 is 10.7 Å². The Hall–Kier alpha value is -2.20. The molecule has 0 saturated carbocycles. The van der Waals surface area contributed by atoms with Crippen molar-refractivity contribution in [1.82, 2.24) is 15.0 Å². The van der Waals surface area contributed by atoms with E-state index in [1.54, 1.807) is 6.33 Å². The maximum atomic E-state index is 6.18. The van der Waals surface area contributed by atoms with Crippen molar-refractivity contribution in [2.75, 3.05) is 0 Å². The van der Waals surface area contributed by atoms with Crippen LogP contribution in [0.5, 0.6) is 0 Å². The molecule has 100 valence electrons. The highest BCUT2D eigenvalue weighted by atomic mass is 14.9. The molecule has 3 aromatic rings. The van der Waals surface area contributed by atoms with Crippen molar-refractivity contribution in [3.05, 3.63) is 47.9 Å². The molecule has 0 aliphatic heterocycles. The highest BCUT2D eigenvalue weighted by Gasteiger charge is 2.18. The van der Waals surface area contributed by atoms with E-state index in [9.17, 15) is 0 Å². The number of nitrogens with zero attached hydrogens (tertiary/aromatic N) is 2. The molecule has 2 heterocycles. The number of benzene rings is 1. The van der Waals surface area contributed by atoms with Crippen LogP contribution in [0, 0.1) is 0 Å². The first-order valence-corrected chi connectivity index (χ1v) is 7.00. The monoisotopic (exact) mass is 264 g/mol. The summed E-state index contributed by atoms with van der Waals surface area (Å²) < 4.78 is 0. The molecule has 1 aliphatic carbocycles. The Kier molecular flexibility index (Phi) is 2.57. The van der Waals surface area contributed by atoms with Gasteiger partial charge in [-0.2, -0.15) is 0 Å². The van der Waals surface area contributed by atoms with Crippen LogP contribution in [0.25, 0.3) is 22.3 Å². The molecule has 20 heavy (non-hydrogen) atoms. The minimum Gasteiger partial charge on any atom is -0.346 e. The van der Waals surface area contributed by atoms with Crippen LogP contribution in [-0.2, 0) is 6.42 Å². The summed E-state index contributed by atoms with van der Waals surface area (Å²) in [6, 6.07) is 8.73. The van der Waals surface area contributed by atoms with E-state index in [0.717, 1.165) is 35.1 Å². The predicted octanol–water partition coefficient (Wildman–Crippen LogP) is 2.96. The largest absolute Gasteiger partial charge is 0.346 e. The van der Waals surface area contributed by atoms with Gasteiger partial charge in [0.1, 0.15) is 12.0 Å². The third-order valence-corrected chi connectivity index (χ3v) is 4.13. The van der Waals surface area contributed by atoms with Crippen molar-refractivity contribution in [2.45, 2.75) is 25.3 Å². The number of hydrogen-bond acceptors (Lipinski definition) is 3. The number of aromatic amines is 1. The van der Waals surface area contributed by atoms with Gasteiger partial charge in [0.15, 0.2) is 0 Å². The minimum atomic E-state index is 0.186. The molecule has 0 amide bonds. The number of nitrogens with one attached hydrogen (secondary N) is 1. The quantitative estimate of drug-likeness (QED) is 0.710. The first kappa shape index (κ1) is 11.6.